The summed E-state index contributed by atoms with van der Waals surface area (Å²) in [6.07, 6.45) is -3.41. The first-order valence-corrected chi connectivity index (χ1v) is 11.0. The SMILES string of the molecule is C/C=C\C(=C/C)n1nc(Cn2nc(-c3ccc(Cl)cc3)n(C[C@H](O)C(F)(F)F)c2=O)nc1C(C)O. The molecule has 2 N–H and O–H groups in total. The van der Waals surface area contributed by atoms with Crippen LogP contribution in [0.5, 0.6) is 0 Å². The second kappa shape index (κ2) is 10.6. The van der Waals surface area contributed by atoms with Crippen LogP contribution >= 0.6 is 11.6 Å². The minimum absolute atomic E-state index is 0.0896. The number of aliphatic hydroxyl groups excluding tert-OH is 2. The van der Waals surface area contributed by atoms with Crippen molar-refractivity contribution < 1.29 is 23.4 Å². The van der Waals surface area contributed by atoms with Gasteiger partial charge in [0, 0.05) is 10.6 Å². The molecule has 13 heteroatoms. The molecule has 3 aromatic rings. The summed E-state index contributed by atoms with van der Waals surface area (Å²) in [5.74, 6) is 0.229. The van der Waals surface area contributed by atoms with Gasteiger partial charge in [-0.25, -0.2) is 19.1 Å². The van der Waals surface area contributed by atoms with Crippen LogP contribution in [-0.2, 0) is 13.1 Å². The van der Waals surface area contributed by atoms with Crippen molar-refractivity contribution in [3.05, 3.63) is 69.6 Å². The maximum atomic E-state index is 13.0. The highest BCUT2D eigenvalue weighted by Gasteiger charge is 2.39. The van der Waals surface area contributed by atoms with Gasteiger partial charge in [-0.1, -0.05) is 23.8 Å². The minimum atomic E-state index is -4.93. The van der Waals surface area contributed by atoms with E-state index in [2.05, 4.69) is 15.2 Å². The summed E-state index contributed by atoms with van der Waals surface area (Å²) in [4.78, 5) is 17.3. The van der Waals surface area contributed by atoms with E-state index in [0.717, 1.165) is 9.25 Å². The molecule has 0 saturated heterocycles. The number of rotatable bonds is 8. The van der Waals surface area contributed by atoms with Gasteiger partial charge >= 0.3 is 11.9 Å². The minimum Gasteiger partial charge on any atom is -0.385 e. The second-order valence-corrected chi connectivity index (χ2v) is 8.06. The van der Waals surface area contributed by atoms with Crippen LogP contribution in [0, 0.1) is 0 Å². The van der Waals surface area contributed by atoms with Gasteiger partial charge in [-0.05, 0) is 51.1 Å². The number of halogens is 4. The van der Waals surface area contributed by atoms with E-state index in [-0.39, 0.29) is 24.0 Å². The second-order valence-electron chi connectivity index (χ2n) is 7.63. The van der Waals surface area contributed by atoms with Gasteiger partial charge < -0.3 is 10.2 Å². The average Bonchev–Trinajstić information content (AvgIpc) is 3.34. The van der Waals surface area contributed by atoms with Gasteiger partial charge in [0.1, 0.15) is 12.6 Å². The molecular formula is C22H24ClF3N6O3. The van der Waals surface area contributed by atoms with E-state index in [0.29, 0.717) is 16.3 Å². The number of aliphatic hydroxyl groups is 2. The molecule has 0 bridgehead atoms. The van der Waals surface area contributed by atoms with Crippen molar-refractivity contribution >= 4 is 17.3 Å². The van der Waals surface area contributed by atoms with Gasteiger partial charge in [-0.3, -0.25) is 4.57 Å². The highest BCUT2D eigenvalue weighted by molar-refractivity contribution is 6.30. The summed E-state index contributed by atoms with van der Waals surface area (Å²) in [7, 11) is 0. The summed E-state index contributed by atoms with van der Waals surface area (Å²) in [5.41, 5.74) is 0.0511. The van der Waals surface area contributed by atoms with Crippen molar-refractivity contribution in [3.63, 3.8) is 0 Å². The number of nitrogens with zero attached hydrogens (tertiary/aromatic N) is 6. The fraction of sp³-hybridized carbons (Fsp3) is 0.364. The average molecular weight is 513 g/mol. The third-order valence-corrected chi connectivity index (χ3v) is 5.23. The Hall–Kier alpha value is -3.22. The topological polar surface area (TPSA) is 111 Å². The van der Waals surface area contributed by atoms with Crippen molar-refractivity contribution in [2.45, 2.75) is 52.2 Å². The molecule has 0 fully saturated rings. The van der Waals surface area contributed by atoms with E-state index in [1.54, 1.807) is 25.2 Å². The first-order chi connectivity index (χ1) is 16.5. The van der Waals surface area contributed by atoms with Crippen molar-refractivity contribution in [2.24, 2.45) is 0 Å². The van der Waals surface area contributed by atoms with Gasteiger partial charge in [0.25, 0.3) is 0 Å². The Balaban J connectivity index is 2.08. The van der Waals surface area contributed by atoms with Crippen LogP contribution in [0.3, 0.4) is 0 Å². The molecule has 188 valence electrons. The molecular weight excluding hydrogens is 489 g/mol. The van der Waals surface area contributed by atoms with Gasteiger partial charge in [0.15, 0.2) is 23.6 Å². The predicted molar refractivity (Wildman–Crippen MR) is 124 cm³/mol. The van der Waals surface area contributed by atoms with Crippen LogP contribution < -0.4 is 5.69 Å². The molecule has 2 atom stereocenters. The molecule has 0 radical (unpaired) electrons. The Morgan fingerprint density at radius 2 is 1.83 bits per heavy atom. The molecule has 3 rings (SSSR count). The van der Waals surface area contributed by atoms with Crippen molar-refractivity contribution in [1.82, 2.24) is 29.1 Å². The van der Waals surface area contributed by atoms with E-state index < -0.39 is 30.6 Å². The fourth-order valence-electron chi connectivity index (χ4n) is 3.29. The number of allylic oxidation sites excluding steroid dienone is 4. The summed E-state index contributed by atoms with van der Waals surface area (Å²) in [5, 5.41) is 28.7. The zero-order chi connectivity index (χ0) is 25.9. The lowest BCUT2D eigenvalue weighted by Crippen LogP contribution is -2.37. The summed E-state index contributed by atoms with van der Waals surface area (Å²) in [6.45, 7) is 3.76. The van der Waals surface area contributed by atoms with Crippen LogP contribution in [0.1, 0.15) is 38.5 Å². The smallest absolute Gasteiger partial charge is 0.385 e. The third kappa shape index (κ3) is 5.89. The first kappa shape index (κ1) is 26.4. The molecule has 35 heavy (non-hydrogen) atoms. The van der Waals surface area contributed by atoms with Crippen LogP contribution in [-0.4, -0.2) is 51.6 Å². The first-order valence-electron chi connectivity index (χ1n) is 10.6. The number of hydrogen-bond donors (Lipinski definition) is 2. The van der Waals surface area contributed by atoms with E-state index in [1.807, 2.05) is 6.92 Å². The van der Waals surface area contributed by atoms with E-state index in [4.69, 9.17) is 11.6 Å². The number of benzene rings is 1. The third-order valence-electron chi connectivity index (χ3n) is 4.98. The van der Waals surface area contributed by atoms with Crippen LogP contribution in [0.4, 0.5) is 13.2 Å². The Morgan fingerprint density at radius 1 is 1.17 bits per heavy atom. The zero-order valence-corrected chi connectivity index (χ0v) is 19.9. The number of hydrogen-bond acceptors (Lipinski definition) is 6. The molecule has 0 amide bonds. The standard InChI is InChI=1S/C22H24ClF3N6O3/c1-4-6-16(5-2)32-19(13(3)33)27-18(28-32)12-31-21(35)30(11-17(34)22(24,25)26)20(29-31)14-7-9-15(23)10-8-14/h4-10,13,17,33-34H,11-12H2,1-3H3/b6-4-,16-5+/t13?,17-/m0/s1. The Bertz CT molecular complexity index is 1290. The van der Waals surface area contributed by atoms with Gasteiger partial charge in [0.2, 0.25) is 0 Å². The van der Waals surface area contributed by atoms with Crippen molar-refractivity contribution in [2.75, 3.05) is 0 Å². The quantitative estimate of drug-likeness (QED) is 0.447. The lowest BCUT2D eigenvalue weighted by atomic mass is 10.2. The molecule has 0 spiro atoms. The number of aromatic nitrogens is 6. The van der Waals surface area contributed by atoms with Crippen molar-refractivity contribution in [1.29, 1.82) is 0 Å². The highest BCUT2D eigenvalue weighted by atomic mass is 35.5. The maximum absolute atomic E-state index is 13.0. The zero-order valence-electron chi connectivity index (χ0n) is 19.1. The largest absolute Gasteiger partial charge is 0.416 e. The van der Waals surface area contributed by atoms with Gasteiger partial charge in [0.05, 0.1) is 12.2 Å². The molecule has 2 aromatic heterocycles. The Kier molecular flexibility index (Phi) is 7.98. The van der Waals surface area contributed by atoms with E-state index in [1.165, 1.54) is 35.9 Å². The highest BCUT2D eigenvalue weighted by Crippen LogP contribution is 2.24. The van der Waals surface area contributed by atoms with E-state index in [9.17, 15) is 28.2 Å². The lowest BCUT2D eigenvalue weighted by molar-refractivity contribution is -0.207. The molecule has 0 aliphatic heterocycles. The normalized spacial score (nSPS) is 14.6. The molecule has 0 aliphatic rings. The molecule has 1 aromatic carbocycles. The monoisotopic (exact) mass is 512 g/mol. The van der Waals surface area contributed by atoms with E-state index >= 15 is 0 Å². The predicted octanol–water partition coefficient (Wildman–Crippen LogP) is 3.42. The molecule has 1 unspecified atom stereocenters. The molecule has 2 heterocycles. The lowest BCUT2D eigenvalue weighted by Gasteiger charge is -2.15. The summed E-state index contributed by atoms with van der Waals surface area (Å²) < 4.78 is 42.2. The summed E-state index contributed by atoms with van der Waals surface area (Å²) in [6, 6.07) is 6.00. The summed E-state index contributed by atoms with van der Waals surface area (Å²) >= 11 is 5.90. The van der Waals surface area contributed by atoms with Gasteiger partial charge in [-0.2, -0.15) is 13.2 Å². The Labute approximate surface area is 203 Å². The van der Waals surface area contributed by atoms with Crippen LogP contribution in [0.2, 0.25) is 5.02 Å². The Morgan fingerprint density at radius 3 is 2.37 bits per heavy atom. The maximum Gasteiger partial charge on any atom is 0.416 e. The van der Waals surface area contributed by atoms with Gasteiger partial charge in [-0.15, -0.1) is 10.2 Å². The fourth-order valence-corrected chi connectivity index (χ4v) is 3.41. The number of alkyl halides is 3. The van der Waals surface area contributed by atoms with Crippen molar-refractivity contribution in [3.8, 4) is 11.4 Å². The van der Waals surface area contributed by atoms with Crippen LogP contribution in [0.25, 0.3) is 17.1 Å². The molecule has 0 saturated carbocycles. The van der Waals surface area contributed by atoms with Crippen LogP contribution in [0.15, 0.2) is 47.3 Å². The molecule has 9 nitrogen and oxygen atoms in total. The molecule has 0 aliphatic carbocycles.